The Morgan fingerprint density at radius 2 is 1.94 bits per heavy atom. The largest absolute Gasteiger partial charge is 0.328 e. The van der Waals surface area contributed by atoms with Gasteiger partial charge in [-0.25, -0.2) is 0 Å². The average molecular weight is 260 g/mol. The fourth-order valence-electron chi connectivity index (χ4n) is 1.79. The third-order valence-corrected chi connectivity index (χ3v) is 3.16. The summed E-state index contributed by atoms with van der Waals surface area (Å²) >= 11 is 11.9. The number of nitrogens with two attached hydrogens (primary N) is 1. The average Bonchev–Trinajstić information content (AvgIpc) is 2.15. The van der Waals surface area contributed by atoms with Gasteiger partial charge in [-0.15, -0.1) is 0 Å². The van der Waals surface area contributed by atoms with Gasteiger partial charge in [0.1, 0.15) is 0 Å². The lowest BCUT2D eigenvalue weighted by Crippen LogP contribution is -2.22. The van der Waals surface area contributed by atoms with E-state index in [1.807, 2.05) is 12.1 Å². The van der Waals surface area contributed by atoms with Crippen LogP contribution in [-0.2, 0) is 6.42 Å². The molecule has 1 atom stereocenters. The Labute approximate surface area is 108 Å². The Kier molecular flexibility index (Phi) is 5.60. The van der Waals surface area contributed by atoms with Gasteiger partial charge in [0.2, 0.25) is 0 Å². The summed E-state index contributed by atoms with van der Waals surface area (Å²) in [5, 5.41) is 1.42. The highest BCUT2D eigenvalue weighted by Crippen LogP contribution is 2.22. The fourth-order valence-corrected chi connectivity index (χ4v) is 2.29. The Morgan fingerprint density at radius 1 is 1.25 bits per heavy atom. The molecular formula is C13H19Cl2N. The molecule has 0 aliphatic carbocycles. The second-order valence-electron chi connectivity index (χ2n) is 4.66. The minimum absolute atomic E-state index is 0.256. The first-order valence-corrected chi connectivity index (χ1v) is 6.44. The third kappa shape index (κ3) is 4.73. The van der Waals surface area contributed by atoms with E-state index in [0.29, 0.717) is 10.9 Å². The van der Waals surface area contributed by atoms with Gasteiger partial charge >= 0.3 is 0 Å². The molecule has 0 radical (unpaired) electrons. The predicted molar refractivity (Wildman–Crippen MR) is 72.2 cm³/mol. The van der Waals surface area contributed by atoms with Crippen LogP contribution in [0.1, 0.15) is 32.3 Å². The van der Waals surface area contributed by atoms with Crippen LogP contribution in [0.5, 0.6) is 0 Å². The topological polar surface area (TPSA) is 26.0 Å². The van der Waals surface area contributed by atoms with E-state index >= 15 is 0 Å². The highest BCUT2D eigenvalue weighted by atomic mass is 35.5. The van der Waals surface area contributed by atoms with Crippen molar-refractivity contribution in [1.29, 1.82) is 0 Å². The van der Waals surface area contributed by atoms with Crippen molar-refractivity contribution in [2.75, 3.05) is 0 Å². The highest BCUT2D eigenvalue weighted by Gasteiger charge is 2.07. The van der Waals surface area contributed by atoms with Crippen LogP contribution >= 0.6 is 23.2 Å². The molecule has 3 heteroatoms. The van der Waals surface area contributed by atoms with Crippen molar-refractivity contribution < 1.29 is 0 Å². The van der Waals surface area contributed by atoms with Crippen molar-refractivity contribution in [2.45, 2.75) is 39.2 Å². The van der Waals surface area contributed by atoms with E-state index in [2.05, 4.69) is 13.8 Å². The molecule has 0 saturated heterocycles. The molecule has 0 amide bonds. The first-order valence-electron chi connectivity index (χ1n) is 5.68. The van der Waals surface area contributed by atoms with Crippen LogP contribution in [0.25, 0.3) is 0 Å². The SMILES string of the molecule is CC(C)CC(N)CCc1ccc(Cl)cc1Cl. The molecule has 0 aromatic heterocycles. The molecule has 0 spiro atoms. The summed E-state index contributed by atoms with van der Waals surface area (Å²) < 4.78 is 0. The summed E-state index contributed by atoms with van der Waals surface area (Å²) in [7, 11) is 0. The number of hydrogen-bond donors (Lipinski definition) is 1. The van der Waals surface area contributed by atoms with Crippen molar-refractivity contribution in [3.8, 4) is 0 Å². The Morgan fingerprint density at radius 3 is 2.50 bits per heavy atom. The van der Waals surface area contributed by atoms with Gasteiger partial charge < -0.3 is 5.73 Å². The molecule has 0 heterocycles. The van der Waals surface area contributed by atoms with Crippen LogP contribution in [0.2, 0.25) is 10.0 Å². The maximum absolute atomic E-state index is 6.09. The van der Waals surface area contributed by atoms with Gasteiger partial charge in [0, 0.05) is 16.1 Å². The molecule has 1 rings (SSSR count). The van der Waals surface area contributed by atoms with E-state index in [1.54, 1.807) is 6.07 Å². The zero-order chi connectivity index (χ0) is 12.1. The monoisotopic (exact) mass is 259 g/mol. The maximum Gasteiger partial charge on any atom is 0.0452 e. The first kappa shape index (κ1) is 13.8. The van der Waals surface area contributed by atoms with Gasteiger partial charge in [0.15, 0.2) is 0 Å². The van der Waals surface area contributed by atoms with Crippen molar-refractivity contribution in [2.24, 2.45) is 11.7 Å². The lowest BCUT2D eigenvalue weighted by Gasteiger charge is -2.14. The number of hydrogen-bond acceptors (Lipinski definition) is 1. The van der Waals surface area contributed by atoms with E-state index in [0.717, 1.165) is 29.8 Å². The second-order valence-corrected chi connectivity index (χ2v) is 5.51. The maximum atomic E-state index is 6.09. The number of rotatable bonds is 5. The van der Waals surface area contributed by atoms with Gasteiger partial charge in [0.25, 0.3) is 0 Å². The summed E-state index contributed by atoms with van der Waals surface area (Å²) in [6.45, 7) is 4.38. The summed E-state index contributed by atoms with van der Waals surface area (Å²) in [6, 6.07) is 5.89. The normalized spacial score (nSPS) is 13.1. The molecule has 0 bridgehead atoms. The molecule has 1 unspecified atom stereocenters. The lowest BCUT2D eigenvalue weighted by molar-refractivity contribution is 0.473. The van der Waals surface area contributed by atoms with Gasteiger partial charge in [-0.1, -0.05) is 43.1 Å². The summed E-state index contributed by atoms with van der Waals surface area (Å²) in [5.74, 6) is 0.649. The van der Waals surface area contributed by atoms with Crippen molar-refractivity contribution in [3.63, 3.8) is 0 Å². The highest BCUT2D eigenvalue weighted by molar-refractivity contribution is 6.35. The molecule has 90 valence electrons. The van der Waals surface area contributed by atoms with Gasteiger partial charge in [-0.05, 0) is 42.9 Å². The van der Waals surface area contributed by atoms with Crippen LogP contribution in [-0.4, -0.2) is 6.04 Å². The Balaban J connectivity index is 2.48. The summed E-state index contributed by atoms with van der Waals surface area (Å²) in [4.78, 5) is 0. The summed E-state index contributed by atoms with van der Waals surface area (Å²) in [5.41, 5.74) is 7.16. The number of aryl methyl sites for hydroxylation is 1. The molecule has 1 nitrogen and oxygen atoms in total. The van der Waals surface area contributed by atoms with E-state index in [-0.39, 0.29) is 6.04 Å². The van der Waals surface area contributed by atoms with Crippen LogP contribution < -0.4 is 5.73 Å². The zero-order valence-corrected chi connectivity index (χ0v) is 11.4. The van der Waals surface area contributed by atoms with Gasteiger partial charge in [-0.2, -0.15) is 0 Å². The molecular weight excluding hydrogens is 241 g/mol. The van der Waals surface area contributed by atoms with Gasteiger partial charge in [0.05, 0.1) is 0 Å². The molecule has 1 aromatic carbocycles. The van der Waals surface area contributed by atoms with Gasteiger partial charge in [-0.3, -0.25) is 0 Å². The molecule has 0 saturated carbocycles. The van der Waals surface area contributed by atoms with Crippen LogP contribution in [0.3, 0.4) is 0 Å². The molecule has 0 aliphatic heterocycles. The third-order valence-electron chi connectivity index (χ3n) is 2.57. The Bertz CT molecular complexity index is 337. The van der Waals surface area contributed by atoms with Crippen LogP contribution in [0, 0.1) is 5.92 Å². The molecule has 16 heavy (non-hydrogen) atoms. The summed E-state index contributed by atoms with van der Waals surface area (Å²) in [6.07, 6.45) is 2.95. The van der Waals surface area contributed by atoms with Crippen molar-refractivity contribution >= 4 is 23.2 Å². The van der Waals surface area contributed by atoms with E-state index in [4.69, 9.17) is 28.9 Å². The van der Waals surface area contributed by atoms with E-state index < -0.39 is 0 Å². The van der Waals surface area contributed by atoms with Crippen LogP contribution in [0.15, 0.2) is 18.2 Å². The van der Waals surface area contributed by atoms with E-state index in [9.17, 15) is 0 Å². The quantitative estimate of drug-likeness (QED) is 0.839. The van der Waals surface area contributed by atoms with Crippen molar-refractivity contribution in [3.05, 3.63) is 33.8 Å². The van der Waals surface area contributed by atoms with E-state index in [1.165, 1.54) is 0 Å². The standard InChI is InChI=1S/C13H19Cl2N/c1-9(2)7-12(16)6-4-10-3-5-11(14)8-13(10)15/h3,5,8-9,12H,4,6-7,16H2,1-2H3. The van der Waals surface area contributed by atoms with Crippen molar-refractivity contribution in [1.82, 2.24) is 0 Å². The zero-order valence-electron chi connectivity index (χ0n) is 9.84. The molecule has 0 fully saturated rings. The molecule has 1 aromatic rings. The second kappa shape index (κ2) is 6.48. The minimum Gasteiger partial charge on any atom is -0.328 e. The predicted octanol–water partition coefficient (Wildman–Crippen LogP) is 4.30. The first-order chi connectivity index (χ1) is 7.49. The number of halogens is 2. The fraction of sp³-hybridized carbons (Fsp3) is 0.538. The smallest absolute Gasteiger partial charge is 0.0452 e. The number of benzene rings is 1. The molecule has 2 N–H and O–H groups in total. The lowest BCUT2D eigenvalue weighted by atomic mass is 9.98. The van der Waals surface area contributed by atoms with Crippen LogP contribution in [0.4, 0.5) is 0 Å². The minimum atomic E-state index is 0.256. The molecule has 0 aliphatic rings. The Hall–Kier alpha value is -0.240.